The van der Waals surface area contributed by atoms with Gasteiger partial charge in [0.05, 0.1) is 6.61 Å². The lowest BCUT2D eigenvalue weighted by molar-refractivity contribution is -0.303. The molecule has 0 radical (unpaired) electrons. The Morgan fingerprint density at radius 3 is 1.21 bits per heavy atom. The number of hydrogen-bond donors (Lipinski definition) is 2. The van der Waals surface area contributed by atoms with Gasteiger partial charge < -0.3 is 53.3 Å². The molecule has 0 aromatic carbocycles. The monoisotopic (exact) mass is 676 g/mol. The highest BCUT2D eigenvalue weighted by molar-refractivity contribution is 5.74. The fourth-order valence-electron chi connectivity index (χ4n) is 4.98. The molecule has 2 rings (SSSR count). The number of carbonyl (C=O) groups is 8. The van der Waals surface area contributed by atoms with Gasteiger partial charge in [-0.3, -0.25) is 38.4 Å². The Hall–Kier alpha value is -4.36. The summed E-state index contributed by atoms with van der Waals surface area (Å²) >= 11 is 0. The third kappa shape index (κ3) is 12.1. The Labute approximate surface area is 269 Å². The van der Waals surface area contributed by atoms with Gasteiger partial charge in [0.15, 0.2) is 30.7 Å². The zero-order valence-corrected chi connectivity index (χ0v) is 27.1. The Kier molecular flexibility index (Phi) is 14.5. The zero-order chi connectivity index (χ0) is 35.6. The Bertz CT molecular complexity index is 1210. The molecule has 2 heterocycles. The highest BCUT2D eigenvalue weighted by Crippen LogP contribution is 2.31. The molecule has 2 aliphatic rings. The first-order chi connectivity index (χ1) is 21.9. The fourth-order valence-corrected chi connectivity index (χ4v) is 4.98. The summed E-state index contributed by atoms with van der Waals surface area (Å²) in [5, 5.41) is 5.00. The molecule has 0 unspecified atom stereocenters. The second-order valence-corrected chi connectivity index (χ2v) is 10.6. The standard InChI is InChI=1S/C28H40N2O17/c1-11(31)29-21-25(43-16(6)36)23(41-14(4)34)19(9-39-13(3)33)46-27(21)40-10-20-24(42-15(5)35)26(44-17(7)37)22(30-12(2)32)28(47-20)45-18(8)38/h19-28H,9-10H2,1-8H3,(H,29,31)(H,30,32)/t19-,20-,21-,22-,23-,24-,25-,26-,27-,28+/m1/s1. The minimum Gasteiger partial charge on any atom is -0.463 e. The van der Waals surface area contributed by atoms with Crippen molar-refractivity contribution in [3.05, 3.63) is 0 Å². The first-order valence-electron chi connectivity index (χ1n) is 14.4. The van der Waals surface area contributed by atoms with E-state index in [1.165, 1.54) is 0 Å². The van der Waals surface area contributed by atoms with E-state index in [9.17, 15) is 38.4 Å². The third-order valence-electron chi connectivity index (χ3n) is 6.40. The molecule has 0 spiro atoms. The van der Waals surface area contributed by atoms with Crippen LogP contribution in [0.2, 0.25) is 0 Å². The molecule has 0 saturated carbocycles. The topological polar surface area (TPSA) is 244 Å². The summed E-state index contributed by atoms with van der Waals surface area (Å²) in [5.41, 5.74) is 0. The maximum absolute atomic E-state index is 12.3. The lowest BCUT2D eigenvalue weighted by Gasteiger charge is -2.47. The van der Waals surface area contributed by atoms with Gasteiger partial charge in [-0.1, -0.05) is 0 Å². The van der Waals surface area contributed by atoms with Crippen LogP contribution in [0.5, 0.6) is 0 Å². The van der Waals surface area contributed by atoms with Crippen molar-refractivity contribution >= 4 is 47.6 Å². The van der Waals surface area contributed by atoms with Crippen molar-refractivity contribution in [2.24, 2.45) is 0 Å². The number of ether oxygens (including phenoxy) is 9. The maximum atomic E-state index is 12.3. The molecular weight excluding hydrogens is 636 g/mol. The predicted octanol–water partition coefficient (Wildman–Crippen LogP) is -1.68. The number of hydrogen-bond acceptors (Lipinski definition) is 17. The molecule has 2 aliphatic heterocycles. The summed E-state index contributed by atoms with van der Waals surface area (Å²) in [6.07, 6.45) is -11.6. The van der Waals surface area contributed by atoms with E-state index in [1.807, 2.05) is 0 Å². The van der Waals surface area contributed by atoms with Crippen molar-refractivity contribution in [1.82, 2.24) is 10.6 Å². The summed E-state index contributed by atoms with van der Waals surface area (Å²) in [7, 11) is 0. The molecule has 2 fully saturated rings. The van der Waals surface area contributed by atoms with E-state index in [1.54, 1.807) is 0 Å². The zero-order valence-electron chi connectivity index (χ0n) is 27.1. The van der Waals surface area contributed by atoms with Gasteiger partial charge in [-0.15, -0.1) is 0 Å². The Morgan fingerprint density at radius 2 is 0.830 bits per heavy atom. The quantitative estimate of drug-likeness (QED) is 0.173. The Morgan fingerprint density at radius 1 is 0.468 bits per heavy atom. The van der Waals surface area contributed by atoms with E-state index in [-0.39, 0.29) is 0 Å². The van der Waals surface area contributed by atoms with Crippen LogP contribution in [0.1, 0.15) is 55.4 Å². The van der Waals surface area contributed by atoms with Crippen LogP contribution in [0, 0.1) is 0 Å². The van der Waals surface area contributed by atoms with Crippen LogP contribution in [0.4, 0.5) is 0 Å². The number of amides is 2. The van der Waals surface area contributed by atoms with Gasteiger partial charge in [-0.05, 0) is 0 Å². The molecule has 10 atom stereocenters. The van der Waals surface area contributed by atoms with Crippen LogP contribution >= 0.6 is 0 Å². The van der Waals surface area contributed by atoms with Crippen molar-refractivity contribution in [3.63, 3.8) is 0 Å². The molecular formula is C28H40N2O17. The highest BCUT2D eigenvalue weighted by atomic mass is 16.7. The van der Waals surface area contributed by atoms with Gasteiger partial charge in [0.2, 0.25) is 18.1 Å². The molecule has 0 aromatic heterocycles. The number of nitrogens with one attached hydrogen (secondary N) is 2. The average molecular weight is 677 g/mol. The maximum Gasteiger partial charge on any atom is 0.305 e. The molecule has 0 aromatic rings. The molecule has 47 heavy (non-hydrogen) atoms. The number of esters is 6. The minimum atomic E-state index is -1.58. The van der Waals surface area contributed by atoms with Gasteiger partial charge in [-0.25, -0.2) is 0 Å². The van der Waals surface area contributed by atoms with Crippen LogP contribution in [-0.4, -0.2) is 122 Å². The van der Waals surface area contributed by atoms with E-state index in [4.69, 9.17) is 42.6 Å². The van der Waals surface area contributed by atoms with E-state index in [0.717, 1.165) is 55.4 Å². The molecule has 19 nitrogen and oxygen atoms in total. The minimum absolute atomic E-state index is 0.505. The average Bonchev–Trinajstić information content (AvgIpc) is 2.91. The van der Waals surface area contributed by atoms with E-state index in [2.05, 4.69) is 10.6 Å². The van der Waals surface area contributed by atoms with Gasteiger partial charge in [0.1, 0.15) is 30.9 Å². The summed E-state index contributed by atoms with van der Waals surface area (Å²) < 4.78 is 49.8. The molecule has 264 valence electrons. The van der Waals surface area contributed by atoms with Crippen LogP contribution < -0.4 is 10.6 Å². The number of rotatable bonds is 12. The lowest BCUT2D eigenvalue weighted by Crippen LogP contribution is -2.68. The normalized spacial score (nSPS) is 30.0. The lowest BCUT2D eigenvalue weighted by atomic mass is 9.95. The van der Waals surface area contributed by atoms with E-state index in [0.29, 0.717) is 0 Å². The summed E-state index contributed by atoms with van der Waals surface area (Å²) in [5.74, 6) is -6.17. The van der Waals surface area contributed by atoms with E-state index >= 15 is 0 Å². The second kappa shape index (κ2) is 17.5. The van der Waals surface area contributed by atoms with Gasteiger partial charge in [0, 0.05) is 55.4 Å². The smallest absolute Gasteiger partial charge is 0.305 e. The van der Waals surface area contributed by atoms with Crippen LogP contribution in [0.3, 0.4) is 0 Å². The largest absolute Gasteiger partial charge is 0.463 e. The molecule has 2 N–H and O–H groups in total. The van der Waals surface area contributed by atoms with Gasteiger partial charge in [-0.2, -0.15) is 0 Å². The van der Waals surface area contributed by atoms with Crippen molar-refractivity contribution in [2.75, 3.05) is 13.2 Å². The van der Waals surface area contributed by atoms with Gasteiger partial charge in [0.25, 0.3) is 0 Å². The fraction of sp³-hybridized carbons (Fsp3) is 0.714. The molecule has 2 saturated heterocycles. The van der Waals surface area contributed by atoms with Crippen molar-refractivity contribution < 1.29 is 81.0 Å². The van der Waals surface area contributed by atoms with Crippen molar-refractivity contribution in [3.8, 4) is 0 Å². The SMILES string of the molecule is CC(=O)N[C@H]1[C@H](OC[C@H]2O[C@H](OC(C)=O)[C@H](NC(C)=O)[C@@H](OC(C)=O)[C@@H]2OC(C)=O)O[C@H](COC(C)=O)[C@@H](OC(C)=O)[C@@H]1OC(C)=O. The van der Waals surface area contributed by atoms with E-state index < -0.39 is 122 Å². The van der Waals surface area contributed by atoms with Crippen LogP contribution in [-0.2, 0) is 81.0 Å². The highest BCUT2D eigenvalue weighted by Gasteiger charge is 2.54. The first-order valence-corrected chi connectivity index (χ1v) is 14.4. The summed E-state index contributed by atoms with van der Waals surface area (Å²) in [4.78, 5) is 96.3. The number of carbonyl (C=O) groups excluding carboxylic acids is 8. The summed E-state index contributed by atoms with van der Waals surface area (Å²) in [6.45, 7) is 7.61. The molecule has 0 aliphatic carbocycles. The van der Waals surface area contributed by atoms with Crippen LogP contribution in [0.25, 0.3) is 0 Å². The summed E-state index contributed by atoms with van der Waals surface area (Å²) in [6, 6.07) is -2.70. The second-order valence-electron chi connectivity index (χ2n) is 10.6. The van der Waals surface area contributed by atoms with Crippen molar-refractivity contribution in [2.45, 2.75) is 117 Å². The molecule has 19 heteroatoms. The Balaban J connectivity index is 2.56. The van der Waals surface area contributed by atoms with Crippen LogP contribution in [0.15, 0.2) is 0 Å². The molecule has 2 amide bonds. The molecule has 0 bridgehead atoms. The van der Waals surface area contributed by atoms with Crippen molar-refractivity contribution in [1.29, 1.82) is 0 Å². The first kappa shape index (κ1) is 38.8. The van der Waals surface area contributed by atoms with Gasteiger partial charge >= 0.3 is 35.8 Å². The third-order valence-corrected chi connectivity index (χ3v) is 6.40. The predicted molar refractivity (Wildman–Crippen MR) is 149 cm³/mol.